The lowest BCUT2D eigenvalue weighted by Crippen LogP contribution is -2.22. The maximum absolute atomic E-state index is 12.6. The molecule has 158 valence electrons. The van der Waals surface area contributed by atoms with Crippen LogP contribution in [0.15, 0.2) is 52.7 Å². The van der Waals surface area contributed by atoms with E-state index in [1.165, 1.54) is 43.6 Å². The van der Waals surface area contributed by atoms with Crippen molar-refractivity contribution < 1.29 is 22.7 Å². The molecule has 2 aromatic carbocycles. The van der Waals surface area contributed by atoms with Crippen molar-refractivity contribution in [1.82, 2.24) is 9.29 Å². The number of rotatable bonds is 7. The number of thiazole rings is 1. The van der Waals surface area contributed by atoms with E-state index in [9.17, 15) is 13.2 Å². The Hall–Kier alpha value is -2.95. The van der Waals surface area contributed by atoms with Gasteiger partial charge in [0.1, 0.15) is 11.5 Å². The van der Waals surface area contributed by atoms with Crippen LogP contribution in [-0.2, 0) is 10.0 Å². The van der Waals surface area contributed by atoms with Gasteiger partial charge in [-0.3, -0.25) is 10.1 Å². The molecule has 3 aromatic rings. The Morgan fingerprint density at radius 2 is 1.87 bits per heavy atom. The molecule has 1 N–H and O–H groups in total. The number of nitrogens with one attached hydrogen (secondary N) is 1. The number of carbonyl (C=O) groups is 1. The summed E-state index contributed by atoms with van der Waals surface area (Å²) in [5.41, 5.74) is 1.57. The Labute approximate surface area is 179 Å². The van der Waals surface area contributed by atoms with Gasteiger partial charge in [0.05, 0.1) is 24.8 Å². The molecule has 0 saturated heterocycles. The summed E-state index contributed by atoms with van der Waals surface area (Å²) in [4.78, 5) is 17.1. The average Bonchev–Trinajstić information content (AvgIpc) is 3.21. The summed E-state index contributed by atoms with van der Waals surface area (Å²) in [5.74, 6) is 0.827. The topological polar surface area (TPSA) is 97.8 Å². The number of hydrogen-bond donors (Lipinski definition) is 1. The van der Waals surface area contributed by atoms with Crippen LogP contribution in [0.5, 0.6) is 11.5 Å². The predicted molar refractivity (Wildman–Crippen MR) is 116 cm³/mol. The van der Waals surface area contributed by atoms with Gasteiger partial charge in [0.2, 0.25) is 10.0 Å². The summed E-state index contributed by atoms with van der Waals surface area (Å²) < 4.78 is 36.3. The molecule has 0 bridgehead atoms. The Kier molecular flexibility index (Phi) is 6.40. The van der Waals surface area contributed by atoms with Crippen LogP contribution in [-0.4, -0.2) is 51.9 Å². The SMILES string of the molecule is COc1ccc(OC)c(-c2csc(NC(=O)c3cccc(S(=O)(=O)N(C)C)c3)n2)c1. The third kappa shape index (κ3) is 4.45. The molecule has 3 rings (SSSR count). The van der Waals surface area contributed by atoms with E-state index in [0.717, 1.165) is 9.87 Å². The first-order valence-electron chi connectivity index (χ1n) is 8.78. The predicted octanol–water partition coefficient (Wildman–Crippen LogP) is 3.33. The second-order valence-electron chi connectivity index (χ2n) is 6.37. The largest absolute Gasteiger partial charge is 0.497 e. The molecule has 0 saturated carbocycles. The molecule has 0 fully saturated rings. The van der Waals surface area contributed by atoms with Gasteiger partial charge in [-0.05, 0) is 36.4 Å². The van der Waals surface area contributed by atoms with Gasteiger partial charge < -0.3 is 9.47 Å². The zero-order chi connectivity index (χ0) is 21.9. The highest BCUT2D eigenvalue weighted by Gasteiger charge is 2.19. The van der Waals surface area contributed by atoms with E-state index in [-0.39, 0.29) is 10.5 Å². The first-order chi connectivity index (χ1) is 14.3. The van der Waals surface area contributed by atoms with Gasteiger partial charge in [-0.25, -0.2) is 17.7 Å². The van der Waals surface area contributed by atoms with E-state index in [1.54, 1.807) is 43.9 Å². The minimum atomic E-state index is -3.64. The van der Waals surface area contributed by atoms with Crippen LogP contribution >= 0.6 is 11.3 Å². The molecule has 0 spiro atoms. The fraction of sp³-hybridized carbons (Fsp3) is 0.200. The lowest BCUT2D eigenvalue weighted by Gasteiger charge is -2.12. The van der Waals surface area contributed by atoms with Gasteiger partial charge >= 0.3 is 0 Å². The number of benzene rings is 2. The molecule has 0 unspecified atom stereocenters. The Morgan fingerprint density at radius 3 is 2.53 bits per heavy atom. The number of ether oxygens (including phenoxy) is 2. The van der Waals surface area contributed by atoms with E-state index >= 15 is 0 Å². The molecule has 0 aliphatic carbocycles. The molecule has 0 atom stereocenters. The number of aromatic nitrogens is 1. The lowest BCUT2D eigenvalue weighted by atomic mass is 10.1. The normalized spacial score (nSPS) is 11.4. The number of carbonyl (C=O) groups excluding carboxylic acids is 1. The Balaban J connectivity index is 1.85. The van der Waals surface area contributed by atoms with Crippen molar-refractivity contribution in [3.63, 3.8) is 0 Å². The van der Waals surface area contributed by atoms with E-state index < -0.39 is 15.9 Å². The van der Waals surface area contributed by atoms with Crippen LogP contribution in [0.2, 0.25) is 0 Å². The van der Waals surface area contributed by atoms with Crippen LogP contribution < -0.4 is 14.8 Å². The van der Waals surface area contributed by atoms with Crippen molar-refractivity contribution in [2.45, 2.75) is 4.90 Å². The first-order valence-corrected chi connectivity index (χ1v) is 11.1. The van der Waals surface area contributed by atoms with Crippen molar-refractivity contribution in [3.8, 4) is 22.8 Å². The second kappa shape index (κ2) is 8.82. The van der Waals surface area contributed by atoms with Crippen molar-refractivity contribution in [2.75, 3.05) is 33.6 Å². The molecule has 1 aromatic heterocycles. The van der Waals surface area contributed by atoms with Gasteiger partial charge in [-0.2, -0.15) is 0 Å². The highest BCUT2D eigenvalue weighted by atomic mass is 32.2. The van der Waals surface area contributed by atoms with E-state index in [2.05, 4.69) is 10.3 Å². The number of hydrogen-bond acceptors (Lipinski definition) is 7. The molecule has 0 radical (unpaired) electrons. The van der Waals surface area contributed by atoms with Crippen molar-refractivity contribution >= 4 is 32.4 Å². The molecule has 1 heterocycles. The zero-order valence-electron chi connectivity index (χ0n) is 16.9. The summed E-state index contributed by atoms with van der Waals surface area (Å²) in [6.45, 7) is 0. The highest BCUT2D eigenvalue weighted by molar-refractivity contribution is 7.89. The first kappa shape index (κ1) is 21.8. The molecular weight excluding hydrogens is 426 g/mol. The fourth-order valence-corrected chi connectivity index (χ4v) is 4.30. The lowest BCUT2D eigenvalue weighted by molar-refractivity contribution is 0.102. The summed E-state index contributed by atoms with van der Waals surface area (Å²) in [6, 6.07) is 11.2. The van der Waals surface area contributed by atoms with E-state index in [4.69, 9.17) is 9.47 Å². The van der Waals surface area contributed by atoms with Crippen LogP contribution in [0.3, 0.4) is 0 Å². The zero-order valence-corrected chi connectivity index (χ0v) is 18.5. The number of sulfonamides is 1. The van der Waals surface area contributed by atoms with Crippen molar-refractivity contribution in [1.29, 1.82) is 0 Å². The van der Waals surface area contributed by atoms with E-state index in [0.29, 0.717) is 22.3 Å². The van der Waals surface area contributed by atoms with E-state index in [1.807, 2.05) is 0 Å². The molecule has 0 aliphatic rings. The van der Waals surface area contributed by atoms with Gasteiger partial charge in [-0.15, -0.1) is 11.3 Å². The maximum Gasteiger partial charge on any atom is 0.257 e. The smallest absolute Gasteiger partial charge is 0.257 e. The number of methoxy groups -OCH3 is 2. The second-order valence-corrected chi connectivity index (χ2v) is 9.38. The van der Waals surface area contributed by atoms with Crippen LogP contribution in [0.25, 0.3) is 11.3 Å². The van der Waals surface area contributed by atoms with Gasteiger partial charge in [0, 0.05) is 30.6 Å². The van der Waals surface area contributed by atoms with Gasteiger partial charge in [0.15, 0.2) is 5.13 Å². The third-order valence-electron chi connectivity index (χ3n) is 4.28. The fourth-order valence-electron chi connectivity index (χ4n) is 2.65. The summed E-state index contributed by atoms with van der Waals surface area (Å²) >= 11 is 1.25. The monoisotopic (exact) mass is 447 g/mol. The van der Waals surface area contributed by atoms with Crippen LogP contribution in [0.4, 0.5) is 5.13 Å². The molecule has 8 nitrogen and oxygen atoms in total. The quantitative estimate of drug-likeness (QED) is 0.597. The summed E-state index contributed by atoms with van der Waals surface area (Å²) in [6.07, 6.45) is 0. The minimum Gasteiger partial charge on any atom is -0.497 e. The third-order valence-corrected chi connectivity index (χ3v) is 6.85. The molecule has 1 amide bonds. The Bertz CT molecular complexity index is 1170. The minimum absolute atomic E-state index is 0.0427. The van der Waals surface area contributed by atoms with Gasteiger partial charge in [-0.1, -0.05) is 6.07 Å². The molecule has 0 aliphatic heterocycles. The molecule has 30 heavy (non-hydrogen) atoms. The summed E-state index contributed by atoms with van der Waals surface area (Å²) in [7, 11) is 2.37. The number of nitrogens with zero attached hydrogens (tertiary/aromatic N) is 2. The molecule has 10 heteroatoms. The van der Waals surface area contributed by atoms with Crippen molar-refractivity contribution in [2.24, 2.45) is 0 Å². The Morgan fingerprint density at radius 1 is 1.10 bits per heavy atom. The molecular formula is C20H21N3O5S2. The standard InChI is InChI=1S/C20H21N3O5S2/c1-23(2)30(25,26)15-7-5-6-13(10-15)19(24)22-20-21-17(12-29-20)16-11-14(27-3)8-9-18(16)28-4/h5-12H,1-4H3,(H,21,22,24). The van der Waals surface area contributed by atoms with Crippen LogP contribution in [0, 0.1) is 0 Å². The maximum atomic E-state index is 12.6. The highest BCUT2D eigenvalue weighted by Crippen LogP contribution is 2.35. The van der Waals surface area contributed by atoms with Crippen molar-refractivity contribution in [3.05, 3.63) is 53.4 Å². The van der Waals surface area contributed by atoms with Gasteiger partial charge in [0.25, 0.3) is 5.91 Å². The number of anilines is 1. The summed E-state index contributed by atoms with van der Waals surface area (Å²) in [5, 5.41) is 4.88. The van der Waals surface area contributed by atoms with Crippen LogP contribution in [0.1, 0.15) is 10.4 Å². The number of amides is 1. The average molecular weight is 448 g/mol.